The van der Waals surface area contributed by atoms with Gasteiger partial charge in [-0.1, -0.05) is 31.9 Å². The summed E-state index contributed by atoms with van der Waals surface area (Å²) in [6.45, 7) is 2.16. The molecule has 0 bridgehead atoms. The smallest absolute Gasteiger partial charge is 0.0991 e. The Kier molecular flexibility index (Phi) is 6.77. The van der Waals surface area contributed by atoms with Crippen molar-refractivity contribution in [3.8, 4) is 6.07 Å². The average molecular weight is 225 g/mol. The van der Waals surface area contributed by atoms with Gasteiger partial charge < -0.3 is 5.73 Å². The monoisotopic (exact) mass is 224 g/mol. The summed E-state index contributed by atoms with van der Waals surface area (Å²) in [5.41, 5.74) is 7.80. The van der Waals surface area contributed by atoms with Gasteiger partial charge in [-0.15, -0.1) is 12.4 Å². The van der Waals surface area contributed by atoms with Crippen LogP contribution < -0.4 is 5.73 Å². The second-order valence-corrected chi connectivity index (χ2v) is 3.48. The van der Waals surface area contributed by atoms with Crippen molar-refractivity contribution < 1.29 is 0 Å². The van der Waals surface area contributed by atoms with Gasteiger partial charge in [0.2, 0.25) is 0 Å². The molecule has 3 heteroatoms. The Labute approximate surface area is 97.5 Å². The predicted molar refractivity (Wildman–Crippen MR) is 64.9 cm³/mol. The zero-order valence-electron chi connectivity index (χ0n) is 8.94. The van der Waals surface area contributed by atoms with Crippen molar-refractivity contribution in [3.05, 3.63) is 35.4 Å². The topological polar surface area (TPSA) is 49.8 Å². The van der Waals surface area contributed by atoms with Crippen LogP contribution in [-0.4, -0.2) is 0 Å². The molecule has 0 saturated carbocycles. The van der Waals surface area contributed by atoms with Crippen molar-refractivity contribution in [2.75, 3.05) is 0 Å². The molecule has 2 nitrogen and oxygen atoms in total. The lowest BCUT2D eigenvalue weighted by atomic mass is 10.0. The van der Waals surface area contributed by atoms with Gasteiger partial charge in [0.15, 0.2) is 0 Å². The first-order chi connectivity index (χ1) is 6.77. The van der Waals surface area contributed by atoms with Crippen LogP contribution in [0.15, 0.2) is 24.3 Å². The number of unbranched alkanes of at least 4 members (excludes halogenated alkanes) is 1. The molecule has 1 atom stereocenters. The van der Waals surface area contributed by atoms with E-state index in [9.17, 15) is 0 Å². The highest BCUT2D eigenvalue weighted by molar-refractivity contribution is 5.85. The van der Waals surface area contributed by atoms with Gasteiger partial charge in [-0.25, -0.2) is 0 Å². The third-order valence-corrected chi connectivity index (χ3v) is 2.34. The van der Waals surface area contributed by atoms with E-state index < -0.39 is 0 Å². The number of halogens is 1. The quantitative estimate of drug-likeness (QED) is 0.854. The van der Waals surface area contributed by atoms with Crippen LogP contribution in [0.1, 0.15) is 43.4 Å². The van der Waals surface area contributed by atoms with Crippen LogP contribution in [0.4, 0.5) is 0 Å². The molecule has 1 rings (SSSR count). The third kappa shape index (κ3) is 4.33. The number of rotatable bonds is 4. The number of nitrogens with two attached hydrogens (primary N) is 1. The van der Waals surface area contributed by atoms with E-state index in [0.29, 0.717) is 5.56 Å². The molecule has 0 saturated heterocycles. The predicted octanol–water partition coefficient (Wildman–Crippen LogP) is 3.17. The molecule has 0 amide bonds. The molecule has 82 valence electrons. The molecule has 15 heavy (non-hydrogen) atoms. The highest BCUT2D eigenvalue weighted by Crippen LogP contribution is 2.16. The molecular formula is C12H17ClN2. The summed E-state index contributed by atoms with van der Waals surface area (Å²) in [6.07, 6.45) is 3.34. The van der Waals surface area contributed by atoms with Crippen LogP contribution in [-0.2, 0) is 0 Å². The summed E-state index contributed by atoms with van der Waals surface area (Å²) in [4.78, 5) is 0. The summed E-state index contributed by atoms with van der Waals surface area (Å²) < 4.78 is 0. The molecule has 0 fully saturated rings. The first-order valence-electron chi connectivity index (χ1n) is 5.03. The summed E-state index contributed by atoms with van der Waals surface area (Å²) in [7, 11) is 0. The molecule has 1 aromatic rings. The van der Waals surface area contributed by atoms with Gasteiger partial charge in [-0.05, 0) is 24.1 Å². The van der Waals surface area contributed by atoms with Gasteiger partial charge in [0.05, 0.1) is 11.6 Å². The van der Waals surface area contributed by atoms with Crippen molar-refractivity contribution in [2.45, 2.75) is 32.2 Å². The second-order valence-electron chi connectivity index (χ2n) is 3.48. The van der Waals surface area contributed by atoms with E-state index in [1.54, 1.807) is 0 Å². The van der Waals surface area contributed by atoms with Crippen LogP contribution in [0.2, 0.25) is 0 Å². The van der Waals surface area contributed by atoms with Crippen LogP contribution in [0.5, 0.6) is 0 Å². The second kappa shape index (κ2) is 7.28. The number of nitrogens with zero attached hydrogens (tertiary/aromatic N) is 1. The average Bonchev–Trinajstić information content (AvgIpc) is 2.26. The first kappa shape index (κ1) is 14.0. The molecule has 0 radical (unpaired) electrons. The number of hydrogen-bond donors (Lipinski definition) is 1. The van der Waals surface area contributed by atoms with Gasteiger partial charge in [0, 0.05) is 6.04 Å². The Morgan fingerprint density at radius 1 is 1.33 bits per heavy atom. The maximum atomic E-state index is 8.63. The molecule has 0 aliphatic carbocycles. The van der Waals surface area contributed by atoms with Crippen molar-refractivity contribution in [2.24, 2.45) is 5.73 Å². The molecule has 2 N–H and O–H groups in total. The van der Waals surface area contributed by atoms with Gasteiger partial charge in [0.1, 0.15) is 0 Å². The minimum absolute atomic E-state index is 0. The van der Waals surface area contributed by atoms with Gasteiger partial charge in [0.25, 0.3) is 0 Å². The van der Waals surface area contributed by atoms with E-state index in [4.69, 9.17) is 11.0 Å². The Balaban J connectivity index is 0.00000196. The zero-order chi connectivity index (χ0) is 10.4. The molecular weight excluding hydrogens is 208 g/mol. The molecule has 0 aliphatic rings. The van der Waals surface area contributed by atoms with E-state index in [1.807, 2.05) is 24.3 Å². The number of nitriles is 1. The van der Waals surface area contributed by atoms with E-state index >= 15 is 0 Å². The zero-order valence-corrected chi connectivity index (χ0v) is 9.76. The SMILES string of the molecule is CCCC[C@@H](N)c1ccc(C#N)cc1.Cl. The van der Waals surface area contributed by atoms with Crippen molar-refractivity contribution in [1.29, 1.82) is 5.26 Å². The normalized spacial score (nSPS) is 11.3. The van der Waals surface area contributed by atoms with Crippen molar-refractivity contribution in [3.63, 3.8) is 0 Å². The fourth-order valence-corrected chi connectivity index (χ4v) is 1.40. The summed E-state index contributed by atoms with van der Waals surface area (Å²) in [6, 6.07) is 9.74. The maximum absolute atomic E-state index is 8.63. The minimum Gasteiger partial charge on any atom is -0.324 e. The fraction of sp³-hybridized carbons (Fsp3) is 0.417. The molecule has 0 aromatic heterocycles. The molecule has 1 aromatic carbocycles. The van der Waals surface area contributed by atoms with E-state index in [-0.39, 0.29) is 18.4 Å². The lowest BCUT2D eigenvalue weighted by molar-refractivity contribution is 0.603. The van der Waals surface area contributed by atoms with Crippen molar-refractivity contribution >= 4 is 12.4 Å². The molecule has 0 heterocycles. The van der Waals surface area contributed by atoms with Crippen LogP contribution >= 0.6 is 12.4 Å². The molecule has 0 aliphatic heterocycles. The molecule has 0 unspecified atom stereocenters. The van der Waals surface area contributed by atoms with E-state index in [1.165, 1.54) is 6.42 Å². The fourth-order valence-electron chi connectivity index (χ4n) is 1.40. The Bertz CT molecular complexity index is 313. The number of hydrogen-bond acceptors (Lipinski definition) is 2. The van der Waals surface area contributed by atoms with E-state index in [2.05, 4.69) is 13.0 Å². The lowest BCUT2D eigenvalue weighted by Crippen LogP contribution is -2.09. The maximum Gasteiger partial charge on any atom is 0.0991 e. The largest absolute Gasteiger partial charge is 0.324 e. The summed E-state index contributed by atoms with van der Waals surface area (Å²) in [5.74, 6) is 0. The summed E-state index contributed by atoms with van der Waals surface area (Å²) >= 11 is 0. The standard InChI is InChI=1S/C12H16N2.ClH/c1-2-3-4-12(14)11-7-5-10(9-13)6-8-11;/h5-8,12H,2-4,14H2,1H3;1H/t12-;/m1./s1. The number of benzene rings is 1. The van der Waals surface area contributed by atoms with Gasteiger partial charge in [-0.2, -0.15) is 5.26 Å². The Morgan fingerprint density at radius 2 is 1.93 bits per heavy atom. The van der Waals surface area contributed by atoms with Gasteiger partial charge >= 0.3 is 0 Å². The van der Waals surface area contributed by atoms with Crippen LogP contribution in [0, 0.1) is 11.3 Å². The molecule has 0 spiro atoms. The van der Waals surface area contributed by atoms with Crippen molar-refractivity contribution in [1.82, 2.24) is 0 Å². The minimum atomic E-state index is 0. The van der Waals surface area contributed by atoms with Gasteiger partial charge in [-0.3, -0.25) is 0 Å². The first-order valence-corrected chi connectivity index (χ1v) is 5.03. The Morgan fingerprint density at radius 3 is 2.40 bits per heavy atom. The Hall–Kier alpha value is -1.04. The van der Waals surface area contributed by atoms with Crippen LogP contribution in [0.3, 0.4) is 0 Å². The highest BCUT2D eigenvalue weighted by atomic mass is 35.5. The van der Waals surface area contributed by atoms with E-state index in [0.717, 1.165) is 18.4 Å². The highest BCUT2D eigenvalue weighted by Gasteiger charge is 2.04. The van der Waals surface area contributed by atoms with Crippen LogP contribution in [0.25, 0.3) is 0 Å². The summed E-state index contributed by atoms with van der Waals surface area (Å²) in [5, 5.41) is 8.63. The lowest BCUT2D eigenvalue weighted by Gasteiger charge is -2.10. The third-order valence-electron chi connectivity index (χ3n) is 2.34.